The topological polar surface area (TPSA) is 22.0 Å². The van der Waals surface area contributed by atoms with E-state index < -0.39 is 0 Å². The quantitative estimate of drug-likeness (QED) is 0.536. The Hall–Kier alpha value is -2.39. The van der Waals surface area contributed by atoms with Gasteiger partial charge in [0.25, 0.3) is 0 Å². The Morgan fingerprint density at radius 2 is 1.88 bits per heavy atom. The number of allylic oxidation sites excluding steroid dienone is 1. The molecule has 2 aromatic carbocycles. The van der Waals surface area contributed by atoms with E-state index >= 15 is 0 Å². The normalized spacial score (nSPS) is 11.1. The largest absolute Gasteiger partial charge is 0.341 e. The molecule has 0 unspecified atom stereocenters. The molecule has 0 fully saturated rings. The molecule has 0 aliphatic carbocycles. The molecule has 0 atom stereocenters. The maximum atomic E-state index is 12.7. The summed E-state index contributed by atoms with van der Waals surface area (Å²) in [6, 6.07) is 19.6. The van der Waals surface area contributed by atoms with Gasteiger partial charge in [0.1, 0.15) is 0 Å². The lowest BCUT2D eigenvalue weighted by molar-refractivity contribution is 0.103. The number of carbonyl (C=O) groups excluding carboxylic acids is 1. The lowest BCUT2D eigenvalue weighted by Crippen LogP contribution is -2.09. The molecule has 0 bridgehead atoms. The zero-order valence-corrected chi connectivity index (χ0v) is 15.0. The molecule has 0 N–H and O–H groups in total. The summed E-state index contributed by atoms with van der Waals surface area (Å²) in [6.07, 6.45) is 6.06. The first kappa shape index (κ1) is 16.5. The highest BCUT2D eigenvalue weighted by Gasteiger charge is 2.12. The molecule has 0 radical (unpaired) electrons. The summed E-state index contributed by atoms with van der Waals surface area (Å²) in [4.78, 5) is 12.7. The fourth-order valence-corrected chi connectivity index (χ4v) is 2.96. The van der Waals surface area contributed by atoms with Crippen molar-refractivity contribution in [2.24, 2.45) is 0 Å². The summed E-state index contributed by atoms with van der Waals surface area (Å²) in [5.41, 5.74) is 3.70. The molecule has 2 nitrogen and oxygen atoms in total. The summed E-state index contributed by atoms with van der Waals surface area (Å²) in [5, 5.41) is 0. The monoisotopic (exact) mass is 379 g/mol. The second-order valence-corrected chi connectivity index (χ2v) is 6.61. The first-order valence-corrected chi connectivity index (χ1v) is 8.61. The average molecular weight is 380 g/mol. The van der Waals surface area contributed by atoms with Gasteiger partial charge in [0, 0.05) is 22.8 Å². The molecule has 3 rings (SSSR count). The molecule has 0 aliphatic rings. The van der Waals surface area contributed by atoms with Gasteiger partial charge < -0.3 is 4.57 Å². The Labute approximate surface area is 150 Å². The van der Waals surface area contributed by atoms with Gasteiger partial charge >= 0.3 is 0 Å². The van der Waals surface area contributed by atoms with E-state index in [0.29, 0.717) is 12.2 Å². The number of ketones is 1. The van der Waals surface area contributed by atoms with Crippen LogP contribution < -0.4 is 0 Å². The lowest BCUT2D eigenvalue weighted by atomic mass is 10.1. The van der Waals surface area contributed by atoms with Crippen LogP contribution in [-0.4, -0.2) is 10.4 Å². The van der Waals surface area contributed by atoms with Crippen LogP contribution in [-0.2, 0) is 6.54 Å². The number of carbonyl (C=O) groups is 1. The highest BCUT2D eigenvalue weighted by atomic mass is 79.9. The lowest BCUT2D eigenvalue weighted by Gasteiger charge is -2.06. The van der Waals surface area contributed by atoms with Gasteiger partial charge in [-0.25, -0.2) is 0 Å². The molecule has 0 aliphatic heterocycles. The predicted octanol–water partition coefficient (Wildman–Crippen LogP) is 5.50. The van der Waals surface area contributed by atoms with Crippen molar-refractivity contribution in [2.75, 3.05) is 0 Å². The van der Waals surface area contributed by atoms with E-state index in [9.17, 15) is 4.79 Å². The minimum absolute atomic E-state index is 0.0517. The van der Waals surface area contributed by atoms with Gasteiger partial charge in [-0.1, -0.05) is 70.0 Å². The van der Waals surface area contributed by atoms with E-state index in [1.54, 1.807) is 0 Å². The predicted molar refractivity (Wildman–Crippen MR) is 102 cm³/mol. The van der Waals surface area contributed by atoms with Crippen LogP contribution in [0.15, 0.2) is 77.4 Å². The van der Waals surface area contributed by atoms with Crippen LogP contribution in [0.1, 0.15) is 27.2 Å². The summed E-state index contributed by atoms with van der Waals surface area (Å²) in [5.74, 6) is 0.0517. The molecule has 1 heterocycles. The number of nitrogens with zero attached hydrogens (tertiary/aromatic N) is 1. The Morgan fingerprint density at radius 1 is 1.08 bits per heavy atom. The molecular weight excluding hydrogens is 362 g/mol. The zero-order valence-electron chi connectivity index (χ0n) is 13.4. The van der Waals surface area contributed by atoms with Gasteiger partial charge in [0.2, 0.25) is 5.78 Å². The molecule has 24 heavy (non-hydrogen) atoms. The number of benzene rings is 2. The van der Waals surface area contributed by atoms with Gasteiger partial charge in [-0.3, -0.25) is 4.79 Å². The van der Waals surface area contributed by atoms with Gasteiger partial charge in [-0.15, -0.1) is 0 Å². The minimum Gasteiger partial charge on any atom is -0.341 e. The maximum absolute atomic E-state index is 12.7. The second kappa shape index (κ2) is 7.45. The van der Waals surface area contributed by atoms with E-state index in [0.717, 1.165) is 21.2 Å². The number of hydrogen-bond acceptors (Lipinski definition) is 1. The Morgan fingerprint density at radius 3 is 2.62 bits per heavy atom. The fourth-order valence-electron chi connectivity index (χ4n) is 2.54. The van der Waals surface area contributed by atoms with E-state index in [1.807, 2.05) is 66.2 Å². The highest BCUT2D eigenvalue weighted by molar-refractivity contribution is 9.10. The molecule has 0 saturated heterocycles. The Bertz CT molecular complexity index is 875. The second-order valence-electron chi connectivity index (χ2n) is 5.70. The summed E-state index contributed by atoms with van der Waals surface area (Å²) >= 11 is 3.47. The van der Waals surface area contributed by atoms with Crippen molar-refractivity contribution in [1.29, 1.82) is 0 Å². The van der Waals surface area contributed by atoms with Crippen LogP contribution in [0, 0.1) is 6.92 Å². The van der Waals surface area contributed by atoms with Crippen molar-refractivity contribution in [1.82, 2.24) is 4.57 Å². The van der Waals surface area contributed by atoms with Crippen molar-refractivity contribution in [2.45, 2.75) is 13.5 Å². The highest BCUT2D eigenvalue weighted by Crippen LogP contribution is 2.14. The van der Waals surface area contributed by atoms with E-state index in [4.69, 9.17) is 0 Å². The first-order chi connectivity index (χ1) is 11.6. The molecule has 3 heteroatoms. The third-order valence-corrected chi connectivity index (χ3v) is 4.33. The van der Waals surface area contributed by atoms with Gasteiger partial charge in [-0.05, 0) is 36.8 Å². The SMILES string of the molecule is Cc1ccc(C(=O)c2cccn2C/C=C/c2cccc(Br)c2)cc1. The fraction of sp³-hybridized carbons (Fsp3) is 0.0952. The molecular formula is C21H18BrNO. The van der Waals surface area contributed by atoms with E-state index in [2.05, 4.69) is 40.2 Å². The third-order valence-electron chi connectivity index (χ3n) is 3.84. The minimum atomic E-state index is 0.0517. The van der Waals surface area contributed by atoms with Gasteiger partial charge in [0.15, 0.2) is 0 Å². The zero-order chi connectivity index (χ0) is 16.9. The van der Waals surface area contributed by atoms with E-state index in [-0.39, 0.29) is 5.78 Å². The van der Waals surface area contributed by atoms with Crippen molar-refractivity contribution >= 4 is 27.8 Å². The van der Waals surface area contributed by atoms with Crippen LogP contribution in [0.25, 0.3) is 6.08 Å². The third kappa shape index (κ3) is 3.92. The van der Waals surface area contributed by atoms with Crippen molar-refractivity contribution in [3.63, 3.8) is 0 Å². The van der Waals surface area contributed by atoms with Crippen molar-refractivity contribution < 1.29 is 4.79 Å². The van der Waals surface area contributed by atoms with Crippen LogP contribution in [0.4, 0.5) is 0 Å². The standard InChI is InChI=1S/C21H18BrNO/c1-16-9-11-18(12-10-16)21(24)20-8-4-14-23(20)13-3-6-17-5-2-7-19(22)15-17/h2-12,14-15H,13H2,1H3/b6-3+. The van der Waals surface area contributed by atoms with Crippen molar-refractivity contribution in [3.05, 3.63) is 99.8 Å². The first-order valence-electron chi connectivity index (χ1n) is 7.82. The van der Waals surface area contributed by atoms with Crippen LogP contribution in [0.3, 0.4) is 0 Å². The van der Waals surface area contributed by atoms with Gasteiger partial charge in [0.05, 0.1) is 5.69 Å². The summed E-state index contributed by atoms with van der Waals surface area (Å²) in [6.45, 7) is 2.68. The smallest absolute Gasteiger partial charge is 0.209 e. The van der Waals surface area contributed by atoms with Crippen molar-refractivity contribution in [3.8, 4) is 0 Å². The molecule has 3 aromatic rings. The molecule has 120 valence electrons. The Kier molecular flexibility index (Phi) is 5.11. The molecule has 0 amide bonds. The number of halogens is 1. The summed E-state index contributed by atoms with van der Waals surface area (Å²) < 4.78 is 3.03. The average Bonchev–Trinajstić information content (AvgIpc) is 3.03. The van der Waals surface area contributed by atoms with Crippen LogP contribution in [0.2, 0.25) is 0 Å². The summed E-state index contributed by atoms with van der Waals surface area (Å²) in [7, 11) is 0. The molecule has 1 aromatic heterocycles. The Balaban J connectivity index is 1.75. The maximum Gasteiger partial charge on any atom is 0.209 e. The van der Waals surface area contributed by atoms with Crippen LogP contribution in [0.5, 0.6) is 0 Å². The molecule has 0 saturated carbocycles. The van der Waals surface area contributed by atoms with Gasteiger partial charge in [-0.2, -0.15) is 0 Å². The number of rotatable bonds is 5. The van der Waals surface area contributed by atoms with E-state index in [1.165, 1.54) is 0 Å². The number of aryl methyl sites for hydroxylation is 1. The molecule has 0 spiro atoms. The van der Waals surface area contributed by atoms with Crippen LogP contribution >= 0.6 is 15.9 Å². The number of hydrogen-bond donors (Lipinski definition) is 0. The number of aromatic nitrogens is 1.